The standard InChI is InChI=1S/C24H28N4O3/c1-16-13-26-28-15-20(18-3-5-21(6-4-18)27-7-9-30-10-8-27)11-22(24(16)28)31-17(2)19-12-23(29)25-14-19/h3-6,11,13,15,17,19H,7-10,12,14H2,1-2H3,(H,25,29). The molecular weight excluding hydrogens is 392 g/mol. The second-order valence-corrected chi connectivity index (χ2v) is 8.45. The molecule has 2 saturated heterocycles. The lowest BCUT2D eigenvalue weighted by atomic mass is 10.0. The number of hydrogen-bond acceptors (Lipinski definition) is 5. The van der Waals surface area contributed by atoms with Gasteiger partial charge in [-0.25, -0.2) is 4.52 Å². The fourth-order valence-corrected chi connectivity index (χ4v) is 4.42. The van der Waals surface area contributed by atoms with E-state index in [1.54, 1.807) is 0 Å². The number of ether oxygens (including phenoxy) is 2. The zero-order chi connectivity index (χ0) is 21.4. The number of benzene rings is 1. The van der Waals surface area contributed by atoms with Gasteiger partial charge in [-0.15, -0.1) is 0 Å². The molecule has 2 aromatic heterocycles. The maximum absolute atomic E-state index is 11.6. The van der Waals surface area contributed by atoms with E-state index in [4.69, 9.17) is 9.47 Å². The highest BCUT2D eigenvalue weighted by atomic mass is 16.5. The van der Waals surface area contributed by atoms with Crippen LogP contribution in [0.2, 0.25) is 0 Å². The van der Waals surface area contributed by atoms with E-state index in [0.29, 0.717) is 13.0 Å². The average Bonchev–Trinajstić information content (AvgIpc) is 3.40. The van der Waals surface area contributed by atoms with Crippen molar-refractivity contribution in [3.63, 3.8) is 0 Å². The molecule has 31 heavy (non-hydrogen) atoms. The van der Waals surface area contributed by atoms with Gasteiger partial charge in [0, 0.05) is 49.4 Å². The van der Waals surface area contributed by atoms with Crippen molar-refractivity contribution >= 4 is 17.1 Å². The summed E-state index contributed by atoms with van der Waals surface area (Å²) < 4.78 is 13.8. The topological polar surface area (TPSA) is 68.1 Å². The van der Waals surface area contributed by atoms with Crippen molar-refractivity contribution < 1.29 is 14.3 Å². The number of aryl methyl sites for hydroxylation is 1. The van der Waals surface area contributed by atoms with E-state index in [-0.39, 0.29) is 17.9 Å². The molecular formula is C24H28N4O3. The van der Waals surface area contributed by atoms with E-state index >= 15 is 0 Å². The molecule has 0 aliphatic carbocycles. The highest BCUT2D eigenvalue weighted by Crippen LogP contribution is 2.32. The summed E-state index contributed by atoms with van der Waals surface area (Å²) in [4.78, 5) is 14.0. The molecule has 0 radical (unpaired) electrons. The number of rotatable bonds is 5. The number of pyridine rings is 1. The minimum atomic E-state index is -0.0732. The Balaban J connectivity index is 1.44. The summed E-state index contributed by atoms with van der Waals surface area (Å²) in [5, 5.41) is 7.42. The Kier molecular flexibility index (Phi) is 5.28. The lowest BCUT2D eigenvalue weighted by Gasteiger charge is -2.29. The Morgan fingerprint density at radius 2 is 1.97 bits per heavy atom. The largest absolute Gasteiger partial charge is 0.488 e. The van der Waals surface area contributed by atoms with Gasteiger partial charge in [0.25, 0.3) is 0 Å². The van der Waals surface area contributed by atoms with Gasteiger partial charge in [0.05, 0.1) is 19.4 Å². The van der Waals surface area contributed by atoms with E-state index in [2.05, 4.69) is 45.6 Å². The monoisotopic (exact) mass is 420 g/mol. The van der Waals surface area contributed by atoms with Crippen LogP contribution in [0, 0.1) is 12.8 Å². The number of morpholine rings is 1. The van der Waals surface area contributed by atoms with E-state index in [1.165, 1.54) is 5.69 Å². The summed E-state index contributed by atoms with van der Waals surface area (Å²) in [7, 11) is 0. The van der Waals surface area contributed by atoms with Crippen LogP contribution < -0.4 is 15.0 Å². The van der Waals surface area contributed by atoms with Crippen molar-refractivity contribution in [2.75, 3.05) is 37.7 Å². The van der Waals surface area contributed by atoms with E-state index in [9.17, 15) is 4.79 Å². The zero-order valence-corrected chi connectivity index (χ0v) is 18.0. The van der Waals surface area contributed by atoms with Gasteiger partial charge < -0.3 is 19.7 Å². The minimum Gasteiger partial charge on any atom is -0.488 e. The maximum Gasteiger partial charge on any atom is 0.220 e. The van der Waals surface area contributed by atoms with Crippen molar-refractivity contribution in [2.45, 2.75) is 26.4 Å². The lowest BCUT2D eigenvalue weighted by molar-refractivity contribution is -0.119. The summed E-state index contributed by atoms with van der Waals surface area (Å²) in [5.41, 5.74) is 5.41. The van der Waals surface area contributed by atoms with Crippen LogP contribution in [0.3, 0.4) is 0 Å². The molecule has 7 heteroatoms. The van der Waals surface area contributed by atoms with Crippen molar-refractivity contribution in [3.05, 3.63) is 48.3 Å². The summed E-state index contributed by atoms with van der Waals surface area (Å²) in [6.07, 6.45) is 4.34. The molecule has 162 valence electrons. The number of fused-ring (bicyclic) bond motifs is 1. The van der Waals surface area contributed by atoms with Crippen LogP contribution >= 0.6 is 0 Å². The van der Waals surface area contributed by atoms with Gasteiger partial charge in [0.2, 0.25) is 5.91 Å². The Hall–Kier alpha value is -3.06. The number of anilines is 1. The van der Waals surface area contributed by atoms with Crippen molar-refractivity contribution in [2.24, 2.45) is 5.92 Å². The Morgan fingerprint density at radius 1 is 1.19 bits per heavy atom. The summed E-state index contributed by atoms with van der Waals surface area (Å²) >= 11 is 0. The number of hydrogen-bond donors (Lipinski definition) is 1. The number of amides is 1. The molecule has 2 atom stereocenters. The lowest BCUT2D eigenvalue weighted by Crippen LogP contribution is -2.36. The smallest absolute Gasteiger partial charge is 0.220 e. The Bertz CT molecular complexity index is 1090. The molecule has 4 heterocycles. The van der Waals surface area contributed by atoms with Crippen molar-refractivity contribution in [1.29, 1.82) is 0 Å². The van der Waals surface area contributed by atoms with Gasteiger partial charge in [0.1, 0.15) is 17.4 Å². The SMILES string of the molecule is Cc1cnn2cc(-c3ccc(N4CCOCC4)cc3)cc(OC(C)C3CNC(=O)C3)c12. The fraction of sp³-hybridized carbons (Fsp3) is 0.417. The first-order valence-corrected chi connectivity index (χ1v) is 10.9. The second-order valence-electron chi connectivity index (χ2n) is 8.45. The van der Waals surface area contributed by atoms with Gasteiger partial charge >= 0.3 is 0 Å². The molecule has 0 bridgehead atoms. The number of aromatic nitrogens is 2. The molecule has 1 aromatic carbocycles. The van der Waals surface area contributed by atoms with Crippen molar-refractivity contribution in [1.82, 2.24) is 14.9 Å². The first-order chi connectivity index (χ1) is 15.1. The molecule has 7 nitrogen and oxygen atoms in total. The van der Waals surface area contributed by atoms with E-state index in [1.807, 2.05) is 30.8 Å². The van der Waals surface area contributed by atoms with Crippen LogP contribution in [0.5, 0.6) is 5.75 Å². The van der Waals surface area contributed by atoms with Crippen molar-refractivity contribution in [3.8, 4) is 16.9 Å². The van der Waals surface area contributed by atoms with Crippen LogP contribution in [0.1, 0.15) is 18.9 Å². The molecule has 5 rings (SSSR count). The third-order valence-corrected chi connectivity index (χ3v) is 6.32. The molecule has 2 fully saturated rings. The molecule has 1 N–H and O–H groups in total. The van der Waals surface area contributed by atoms with Gasteiger partial charge in [0.15, 0.2) is 0 Å². The molecule has 0 saturated carbocycles. The predicted molar refractivity (Wildman–Crippen MR) is 120 cm³/mol. The quantitative estimate of drug-likeness (QED) is 0.687. The van der Waals surface area contributed by atoms with E-state index in [0.717, 1.165) is 54.3 Å². The normalized spacial score (nSPS) is 20.1. The number of nitrogens with one attached hydrogen (secondary N) is 1. The van der Waals surface area contributed by atoms with Crippen LogP contribution in [-0.4, -0.2) is 54.5 Å². The Labute approximate surface area is 181 Å². The number of carbonyl (C=O) groups is 1. The maximum atomic E-state index is 11.6. The number of nitrogens with zero attached hydrogens (tertiary/aromatic N) is 3. The van der Waals surface area contributed by atoms with Crippen LogP contribution in [0.4, 0.5) is 5.69 Å². The molecule has 3 aromatic rings. The molecule has 2 unspecified atom stereocenters. The first-order valence-electron chi connectivity index (χ1n) is 10.9. The third kappa shape index (κ3) is 3.97. The highest BCUT2D eigenvalue weighted by Gasteiger charge is 2.28. The molecule has 1 amide bonds. The third-order valence-electron chi connectivity index (χ3n) is 6.32. The minimum absolute atomic E-state index is 0.0732. The number of carbonyl (C=O) groups excluding carboxylic acids is 1. The molecule has 0 spiro atoms. The fourth-order valence-electron chi connectivity index (χ4n) is 4.42. The summed E-state index contributed by atoms with van der Waals surface area (Å²) in [6, 6.07) is 10.7. The van der Waals surface area contributed by atoms with Crippen LogP contribution in [0.25, 0.3) is 16.6 Å². The van der Waals surface area contributed by atoms with Gasteiger partial charge in [-0.3, -0.25) is 4.79 Å². The summed E-state index contributed by atoms with van der Waals surface area (Å²) in [5.74, 6) is 1.07. The van der Waals surface area contributed by atoms with Gasteiger partial charge in [-0.05, 0) is 43.2 Å². The van der Waals surface area contributed by atoms with Gasteiger partial charge in [-0.1, -0.05) is 12.1 Å². The molecule has 2 aliphatic rings. The summed E-state index contributed by atoms with van der Waals surface area (Å²) in [6.45, 7) is 8.14. The first kappa shape index (κ1) is 19.9. The molecule has 2 aliphatic heterocycles. The van der Waals surface area contributed by atoms with E-state index < -0.39 is 0 Å². The van der Waals surface area contributed by atoms with Crippen LogP contribution in [0.15, 0.2) is 42.7 Å². The highest BCUT2D eigenvalue weighted by molar-refractivity contribution is 5.78. The second kappa shape index (κ2) is 8.23. The Morgan fingerprint density at radius 3 is 2.68 bits per heavy atom. The zero-order valence-electron chi connectivity index (χ0n) is 18.0. The van der Waals surface area contributed by atoms with Gasteiger partial charge in [-0.2, -0.15) is 5.10 Å². The predicted octanol–water partition coefficient (Wildman–Crippen LogP) is 3.05. The van der Waals surface area contributed by atoms with Crippen LogP contribution in [-0.2, 0) is 9.53 Å². The average molecular weight is 421 g/mol.